The third-order valence-electron chi connectivity index (χ3n) is 21.0. The first-order chi connectivity index (χ1) is 54.6. The average Bonchev–Trinajstić information content (AvgIpc) is 1.64. The number of nitrogens with one attached hydrogen (secondary N) is 6. The number of carbonyl (C=O) groups is 5. The molecule has 64 heteroatoms. The second kappa shape index (κ2) is 45.4. The Hall–Kier alpha value is -5.32. The highest BCUT2D eigenvalue weighted by Gasteiger charge is 2.58. The van der Waals surface area contributed by atoms with Crippen LogP contribution in [-0.2, 0) is 75.0 Å². The van der Waals surface area contributed by atoms with Gasteiger partial charge in [-0.25, -0.2) is 28.6 Å². The highest BCUT2D eigenvalue weighted by molar-refractivity contribution is 7.91. The minimum atomic E-state index is -4.11. The van der Waals surface area contributed by atoms with Crippen LogP contribution in [0.3, 0.4) is 0 Å². The van der Waals surface area contributed by atoms with Gasteiger partial charge in [0.25, 0.3) is 36.6 Å². The topological polar surface area (TPSA) is 911 Å². The Kier molecular flexibility index (Phi) is 40.4. The fourth-order valence-electron chi connectivity index (χ4n) is 13.5. The van der Waals surface area contributed by atoms with E-state index in [1.54, 1.807) is 5.38 Å². The largest absolute Gasteiger partial charge is 0.480 e. The lowest BCUT2D eigenvalue weighted by Crippen LogP contribution is -2.55. The van der Waals surface area contributed by atoms with E-state index >= 15 is 0 Å². The van der Waals surface area contributed by atoms with Crippen molar-refractivity contribution >= 4 is 139 Å². The van der Waals surface area contributed by atoms with Crippen LogP contribution < -0.4 is 69.5 Å². The summed E-state index contributed by atoms with van der Waals surface area (Å²) >= 11 is 1.10. The van der Waals surface area contributed by atoms with Gasteiger partial charge in [-0.1, -0.05) is 37.2 Å². The van der Waals surface area contributed by atoms with Gasteiger partial charge in [0.1, 0.15) is 27.7 Å². The second-order valence-corrected chi connectivity index (χ2v) is 39.3. The number of anilines is 2. The molecule has 10 atom stereocenters. The Morgan fingerprint density at radius 3 is 0.983 bits per heavy atom. The van der Waals surface area contributed by atoms with Crippen LogP contribution in [0.2, 0.25) is 31.6 Å². The first kappa shape index (κ1) is 105. The molecule has 2 aromatic rings. The van der Waals surface area contributed by atoms with Crippen LogP contribution in [0.25, 0.3) is 0 Å². The third-order valence-corrected chi connectivity index (χ3v) is 29.2. The average molecular weight is 1810 g/mol. The number of carboxylic acid groups (broad SMARTS) is 5. The lowest BCUT2D eigenvalue weighted by atomic mass is 9.78. The van der Waals surface area contributed by atoms with Crippen molar-refractivity contribution in [3.05, 3.63) is 11.6 Å². The van der Waals surface area contributed by atoms with Crippen LogP contribution in [0.1, 0.15) is 83.5 Å². The van der Waals surface area contributed by atoms with E-state index in [0.29, 0.717) is 58.0 Å². The quantitative estimate of drug-likeness (QED) is 0.0216. The summed E-state index contributed by atoms with van der Waals surface area (Å²) in [5, 5.41) is 150. The van der Waals surface area contributed by atoms with Crippen LogP contribution in [-0.4, -0.2) is 363 Å². The number of H-pyrrole nitrogens is 1. The molecule has 118 heavy (non-hydrogen) atoms. The minimum Gasteiger partial charge on any atom is -0.480 e. The van der Waals surface area contributed by atoms with Gasteiger partial charge >= 0.3 is 85.9 Å². The number of aromatic amines is 1. The predicted molar refractivity (Wildman–Crippen MR) is 425 cm³/mol. The fraction of sp³-hybridized carbons (Fsp3) is 0.833. The summed E-state index contributed by atoms with van der Waals surface area (Å²) in [4.78, 5) is 61.4. The molecular weight excluding hydrogens is 1700 g/mol. The summed E-state index contributed by atoms with van der Waals surface area (Å²) in [6, 6.07) is 0. The van der Waals surface area contributed by atoms with Crippen molar-refractivity contribution in [3.8, 4) is 0 Å². The smallest absolute Gasteiger partial charge is 0.451 e. The molecule has 6 aliphatic rings. The van der Waals surface area contributed by atoms with Crippen molar-refractivity contribution in [2.75, 3.05) is 114 Å². The highest BCUT2D eigenvalue weighted by atomic mass is 32.2. The molecule has 0 unspecified atom stereocenters. The maximum Gasteiger partial charge on any atom is 0.451 e. The molecule has 0 radical (unpaired) electrons. The van der Waals surface area contributed by atoms with E-state index in [1.807, 2.05) is 0 Å². The predicted octanol–water partition coefficient (Wildman–Crippen LogP) is -13.0. The van der Waals surface area contributed by atoms with Gasteiger partial charge in [-0.3, -0.25) is 24.0 Å². The molecule has 5 aliphatic heterocycles. The van der Waals surface area contributed by atoms with Crippen molar-refractivity contribution in [3.63, 3.8) is 0 Å². The highest BCUT2D eigenvalue weighted by Crippen LogP contribution is 2.44. The van der Waals surface area contributed by atoms with Gasteiger partial charge < -0.3 is 122 Å². The number of carboxylic acids is 5. The molecule has 53 nitrogen and oxygen atoms in total. The van der Waals surface area contributed by atoms with E-state index < -0.39 is 180 Å². The van der Waals surface area contributed by atoms with Gasteiger partial charge in [0.15, 0.2) is 5.13 Å². The standard InChI is InChI=1S/C13H27BN4O6S.C11H19BN4O6S2.C11H25BN4O6S.C10H23BN4O6S.C9H18BN7O6S/c15-7-12(3-4-12)8-17-25(23,24)18-6-10(2-1-5-14(21)22)13(16,9-18)11(19)20;13-11(9(17)18)7-16(6-8(11)2-1-3-12(19)20)24(21,22)15-10-14-4-5-23-10;13-5-2-6-15-23(21,22)16-7-9(3-1-4-12(19)20)11(14,8-16)10(17)18;12-4-5-14-22(20,21)15-6-8(2-1-3-11(18)19)10(13,7-15)9(16)17;11-9(7(18)19)5-17(4-6(9)2-1-3-10(20)21)24(22,23)14-8-12-15-16-13-8/h10,17,21-22H,1-9,15-16H2,(H,19,20);4-5,8,19-20H,1-3,6-7,13H2,(H,14,15)(H,17,18);9,15,19-20H,1-8,13-14H2,(H,17,18);8,14,18-19H,1-7,12-13H2,(H,16,17);6,20-21H,1-5,11H2,(H,18,19)(H2,12,13,14,15,16)/t10-,13-;8-,11-;9-,11-;8-,10-;6-,9-/m00000/s1. The van der Waals surface area contributed by atoms with Crippen molar-refractivity contribution in [2.24, 2.45) is 80.9 Å². The summed E-state index contributed by atoms with van der Waals surface area (Å²) in [5.74, 6) is -9.85. The second-order valence-electron chi connectivity index (χ2n) is 29.8. The van der Waals surface area contributed by atoms with Crippen LogP contribution >= 0.6 is 11.3 Å². The molecule has 0 spiro atoms. The van der Waals surface area contributed by atoms with Crippen molar-refractivity contribution in [1.82, 2.24) is 61.3 Å². The number of thiazole rings is 1. The Morgan fingerprint density at radius 1 is 0.441 bits per heavy atom. The number of nitrogens with two attached hydrogens (primary N) is 8. The van der Waals surface area contributed by atoms with E-state index in [0.717, 1.165) is 45.7 Å². The molecule has 674 valence electrons. The molecule has 1 aliphatic carbocycles. The Labute approximate surface area is 687 Å². The molecule has 6 fully saturated rings. The maximum absolute atomic E-state index is 12.5. The van der Waals surface area contributed by atoms with Gasteiger partial charge in [0.05, 0.1) is 0 Å². The van der Waals surface area contributed by atoms with Crippen LogP contribution in [0.4, 0.5) is 11.1 Å². The molecule has 0 bridgehead atoms. The van der Waals surface area contributed by atoms with Crippen LogP contribution in [0, 0.1) is 35.0 Å². The number of nitrogens with zero attached hydrogens (tertiary/aromatic N) is 9. The number of hydrogen-bond donors (Lipinski definition) is 29. The Balaban J connectivity index is 0.000000310. The summed E-state index contributed by atoms with van der Waals surface area (Å²) in [6.45, 7) is -0.747. The van der Waals surface area contributed by atoms with E-state index in [1.165, 1.54) is 6.20 Å². The first-order valence-corrected chi connectivity index (χ1v) is 45.1. The molecule has 0 amide bonds. The zero-order valence-electron chi connectivity index (χ0n) is 64.4. The molecule has 0 aromatic carbocycles. The molecule has 2 aromatic heterocycles. The number of tetrazole rings is 1. The third kappa shape index (κ3) is 30.3. The normalized spacial score (nSPS) is 26.1. The zero-order valence-corrected chi connectivity index (χ0v) is 69.3. The first-order valence-electron chi connectivity index (χ1n) is 37.1. The zero-order chi connectivity index (χ0) is 89.4. The lowest BCUT2D eigenvalue weighted by Gasteiger charge is -2.25. The number of aliphatic carboxylic acids is 5. The Bertz CT molecular complexity index is 4010. The molecular formula is C54H112B5N23O30S6. The van der Waals surface area contributed by atoms with E-state index in [2.05, 4.69) is 49.2 Å². The SMILES string of the molecule is NCC1(CNS(=O)(=O)N2C[C@H](CCCB(O)O)[C@](N)(C(=O)O)C2)CC1.NCCCNS(=O)(=O)N1C[C@H](CCCB(O)O)[C@](N)(C(=O)O)C1.NCCNS(=O)(=O)N1C[C@H](CCCB(O)O)[C@](N)(C(=O)O)C1.N[C@@]1(C(=O)O)CN(S(=O)(=O)Nc2nccs2)C[C@@H]1CCCB(O)O.N[C@@]1(C(=O)O)CN(S(=O)(=O)Nc2nn[nH]n2)C[C@@H]1CCCB(O)O. The van der Waals surface area contributed by atoms with Crippen LogP contribution in [0.15, 0.2) is 11.6 Å². The van der Waals surface area contributed by atoms with E-state index in [9.17, 15) is 91.6 Å². The number of aromatic nitrogens is 5. The summed E-state index contributed by atoms with van der Waals surface area (Å²) in [6.07, 6.45) is 6.97. The monoisotopic (exact) mass is 1810 g/mol. The van der Waals surface area contributed by atoms with Gasteiger partial charge in [-0.05, 0) is 107 Å². The van der Waals surface area contributed by atoms with Crippen molar-refractivity contribution in [2.45, 2.75) is 143 Å². The molecule has 8 rings (SSSR count). The summed E-state index contributed by atoms with van der Waals surface area (Å²) in [5.41, 5.74) is 37.1. The van der Waals surface area contributed by atoms with Crippen LogP contribution in [0.5, 0.6) is 0 Å². The van der Waals surface area contributed by atoms with E-state index in [4.69, 9.17) is 96.1 Å². The maximum atomic E-state index is 12.5. The van der Waals surface area contributed by atoms with Gasteiger partial charge in [-0.2, -0.15) is 68.8 Å². The molecule has 37 N–H and O–H groups in total. The number of hydrogen-bond acceptors (Lipinski definition) is 38. The molecule has 5 saturated heterocycles. The van der Waals surface area contributed by atoms with Gasteiger partial charge in [-0.15, -0.1) is 16.4 Å². The Morgan fingerprint density at radius 2 is 0.737 bits per heavy atom. The molecule has 7 heterocycles. The minimum absolute atomic E-state index is 0.0186. The number of rotatable bonds is 45. The van der Waals surface area contributed by atoms with Crippen molar-refractivity contribution < 1.29 is 142 Å². The summed E-state index contributed by atoms with van der Waals surface area (Å²) < 4.78 is 139. The van der Waals surface area contributed by atoms with Gasteiger partial charge in [0.2, 0.25) is 0 Å². The lowest BCUT2D eigenvalue weighted by molar-refractivity contribution is -0.145. The van der Waals surface area contributed by atoms with Gasteiger partial charge in [0, 0.05) is 133 Å². The summed E-state index contributed by atoms with van der Waals surface area (Å²) in [7, 11) is -27.0. The van der Waals surface area contributed by atoms with E-state index in [-0.39, 0.29) is 159 Å². The molecule has 1 saturated carbocycles. The van der Waals surface area contributed by atoms with Crippen molar-refractivity contribution in [1.29, 1.82) is 0 Å². The fourth-order valence-corrected chi connectivity index (χ4v) is 20.9.